The van der Waals surface area contributed by atoms with E-state index in [1.807, 2.05) is 0 Å². The third-order valence-electron chi connectivity index (χ3n) is 5.76. The van der Waals surface area contributed by atoms with Gasteiger partial charge in [0.2, 0.25) is 0 Å². The molecule has 3 nitrogen and oxygen atoms in total. The average Bonchev–Trinajstić information content (AvgIpc) is 3.26. The van der Waals surface area contributed by atoms with E-state index in [9.17, 15) is 0 Å². The summed E-state index contributed by atoms with van der Waals surface area (Å²) in [7, 11) is 0. The third kappa shape index (κ3) is 3.38. The fraction of sp³-hybridized carbons (Fsp3) is 0.632. The van der Waals surface area contributed by atoms with E-state index in [0.717, 1.165) is 29.9 Å². The van der Waals surface area contributed by atoms with E-state index in [-0.39, 0.29) is 0 Å². The van der Waals surface area contributed by atoms with Crippen LogP contribution in [0.5, 0.6) is 0 Å². The highest BCUT2D eigenvalue weighted by molar-refractivity contribution is 7.80. The molecule has 0 unspecified atom stereocenters. The van der Waals surface area contributed by atoms with Gasteiger partial charge in [-0.05, 0) is 93.5 Å². The molecule has 1 aliphatic carbocycles. The zero-order chi connectivity index (χ0) is 15.6. The summed E-state index contributed by atoms with van der Waals surface area (Å²) in [5.41, 5.74) is 4.19. The summed E-state index contributed by atoms with van der Waals surface area (Å²) < 4.78 is 0. The molecular formula is C19H27N3S. The van der Waals surface area contributed by atoms with E-state index in [1.54, 1.807) is 0 Å². The van der Waals surface area contributed by atoms with Crippen molar-refractivity contribution in [1.29, 1.82) is 0 Å². The topological polar surface area (TPSA) is 18.5 Å². The lowest BCUT2D eigenvalue weighted by Crippen LogP contribution is -2.47. The monoisotopic (exact) mass is 329 g/mol. The molecule has 0 radical (unpaired) electrons. The SMILES string of the molecule is S=C(Nc1ccc2c(c1)CCC2)N1CCC(N2CCCC2)CC1. The minimum absolute atomic E-state index is 0.788. The van der Waals surface area contributed by atoms with Gasteiger partial charge in [-0.1, -0.05) is 6.07 Å². The molecule has 2 fully saturated rings. The Morgan fingerprint density at radius 2 is 1.70 bits per heavy atom. The predicted octanol–water partition coefficient (Wildman–Crippen LogP) is 3.43. The number of rotatable bonds is 2. The van der Waals surface area contributed by atoms with Crippen LogP contribution in [0.3, 0.4) is 0 Å². The van der Waals surface area contributed by atoms with Gasteiger partial charge in [0, 0.05) is 24.8 Å². The number of likely N-dealkylation sites (tertiary alicyclic amines) is 2. The normalized spacial score (nSPS) is 22.3. The van der Waals surface area contributed by atoms with Crippen LogP contribution in [0.2, 0.25) is 0 Å². The Balaban J connectivity index is 1.31. The summed E-state index contributed by atoms with van der Waals surface area (Å²) in [6, 6.07) is 7.54. The molecule has 124 valence electrons. The summed E-state index contributed by atoms with van der Waals surface area (Å²) in [6.45, 7) is 4.81. The van der Waals surface area contributed by atoms with Gasteiger partial charge >= 0.3 is 0 Å². The van der Waals surface area contributed by atoms with Gasteiger partial charge < -0.3 is 15.1 Å². The summed E-state index contributed by atoms with van der Waals surface area (Å²) >= 11 is 5.66. The van der Waals surface area contributed by atoms with E-state index in [2.05, 4.69) is 33.3 Å². The quantitative estimate of drug-likeness (QED) is 0.838. The average molecular weight is 330 g/mol. The van der Waals surface area contributed by atoms with Gasteiger partial charge in [-0.25, -0.2) is 0 Å². The molecular weight excluding hydrogens is 302 g/mol. The van der Waals surface area contributed by atoms with Crippen molar-refractivity contribution >= 4 is 23.0 Å². The maximum atomic E-state index is 5.66. The van der Waals surface area contributed by atoms with E-state index in [4.69, 9.17) is 12.2 Å². The molecule has 0 aromatic heterocycles. The lowest BCUT2D eigenvalue weighted by Gasteiger charge is -2.37. The Bertz CT molecular complexity index is 572. The van der Waals surface area contributed by atoms with Gasteiger partial charge in [0.25, 0.3) is 0 Å². The summed E-state index contributed by atoms with van der Waals surface area (Å²) in [5.74, 6) is 0. The number of piperidine rings is 1. The van der Waals surface area contributed by atoms with Gasteiger partial charge in [0.1, 0.15) is 0 Å². The molecule has 4 rings (SSSR count). The van der Waals surface area contributed by atoms with Gasteiger partial charge in [-0.2, -0.15) is 0 Å². The number of thiocarbonyl (C=S) groups is 1. The van der Waals surface area contributed by atoms with Gasteiger partial charge in [0.05, 0.1) is 0 Å². The van der Waals surface area contributed by atoms with Crippen LogP contribution in [-0.4, -0.2) is 47.1 Å². The molecule has 2 saturated heterocycles. The molecule has 0 atom stereocenters. The Morgan fingerprint density at radius 1 is 0.957 bits per heavy atom. The standard InChI is InChI=1S/C19H27N3S/c23-19(20-17-7-6-15-4-3-5-16(15)14-17)22-12-8-18(9-13-22)21-10-1-2-11-21/h6-7,14,18H,1-5,8-13H2,(H,20,23). The zero-order valence-electron chi connectivity index (χ0n) is 13.9. The second-order valence-electron chi connectivity index (χ2n) is 7.23. The fourth-order valence-corrected chi connectivity index (χ4v) is 4.69. The van der Waals surface area contributed by atoms with Crippen LogP contribution in [0, 0.1) is 0 Å². The van der Waals surface area contributed by atoms with Crippen LogP contribution in [-0.2, 0) is 12.8 Å². The maximum Gasteiger partial charge on any atom is 0.173 e. The largest absolute Gasteiger partial charge is 0.349 e. The number of fused-ring (bicyclic) bond motifs is 1. The molecule has 23 heavy (non-hydrogen) atoms. The van der Waals surface area contributed by atoms with Crippen molar-refractivity contribution in [2.75, 3.05) is 31.5 Å². The Morgan fingerprint density at radius 3 is 2.48 bits per heavy atom. The van der Waals surface area contributed by atoms with Crippen LogP contribution < -0.4 is 5.32 Å². The van der Waals surface area contributed by atoms with Crippen molar-refractivity contribution in [3.05, 3.63) is 29.3 Å². The van der Waals surface area contributed by atoms with Crippen LogP contribution in [0.15, 0.2) is 18.2 Å². The molecule has 2 aliphatic heterocycles. The second-order valence-corrected chi connectivity index (χ2v) is 7.62. The van der Waals surface area contributed by atoms with Crippen LogP contribution in [0.25, 0.3) is 0 Å². The second kappa shape index (κ2) is 6.78. The third-order valence-corrected chi connectivity index (χ3v) is 6.12. The van der Waals surface area contributed by atoms with Crippen LogP contribution in [0.1, 0.15) is 43.2 Å². The maximum absolute atomic E-state index is 5.66. The molecule has 0 amide bonds. The van der Waals surface area contributed by atoms with Crippen molar-refractivity contribution in [2.24, 2.45) is 0 Å². The first-order valence-electron chi connectivity index (χ1n) is 9.21. The number of benzene rings is 1. The highest BCUT2D eigenvalue weighted by Gasteiger charge is 2.27. The van der Waals surface area contributed by atoms with Crippen LogP contribution >= 0.6 is 12.2 Å². The first kappa shape index (κ1) is 15.4. The number of aryl methyl sites for hydroxylation is 2. The van der Waals surface area contributed by atoms with E-state index in [1.165, 1.54) is 69.2 Å². The highest BCUT2D eigenvalue weighted by Crippen LogP contribution is 2.26. The van der Waals surface area contributed by atoms with Gasteiger partial charge in [-0.3, -0.25) is 0 Å². The first-order chi connectivity index (χ1) is 11.3. The molecule has 0 bridgehead atoms. The molecule has 0 saturated carbocycles. The van der Waals surface area contributed by atoms with Crippen LogP contribution in [0.4, 0.5) is 5.69 Å². The molecule has 1 N–H and O–H groups in total. The van der Waals surface area contributed by atoms with Crippen molar-refractivity contribution < 1.29 is 0 Å². The number of nitrogens with zero attached hydrogens (tertiary/aromatic N) is 2. The number of nitrogens with one attached hydrogen (secondary N) is 1. The van der Waals surface area contributed by atoms with Crippen molar-refractivity contribution in [3.8, 4) is 0 Å². The van der Waals surface area contributed by atoms with E-state index in [0.29, 0.717) is 0 Å². The molecule has 3 aliphatic rings. The Labute approximate surface area is 145 Å². The lowest BCUT2D eigenvalue weighted by atomic mass is 10.0. The van der Waals surface area contributed by atoms with E-state index >= 15 is 0 Å². The summed E-state index contributed by atoms with van der Waals surface area (Å²) in [6.07, 6.45) is 9.05. The number of hydrogen-bond donors (Lipinski definition) is 1. The van der Waals surface area contributed by atoms with E-state index < -0.39 is 0 Å². The minimum Gasteiger partial charge on any atom is -0.349 e. The fourth-order valence-electron chi connectivity index (χ4n) is 4.39. The molecule has 4 heteroatoms. The summed E-state index contributed by atoms with van der Waals surface area (Å²) in [5, 5.41) is 4.37. The predicted molar refractivity (Wildman–Crippen MR) is 100 cm³/mol. The Kier molecular flexibility index (Phi) is 4.54. The molecule has 0 spiro atoms. The lowest BCUT2D eigenvalue weighted by molar-refractivity contribution is 0.164. The minimum atomic E-state index is 0.788. The number of anilines is 1. The highest BCUT2D eigenvalue weighted by atomic mass is 32.1. The summed E-state index contributed by atoms with van der Waals surface area (Å²) in [4.78, 5) is 5.05. The first-order valence-corrected chi connectivity index (χ1v) is 9.62. The van der Waals surface area contributed by atoms with Crippen molar-refractivity contribution in [3.63, 3.8) is 0 Å². The molecule has 1 aromatic rings. The van der Waals surface area contributed by atoms with Crippen molar-refractivity contribution in [1.82, 2.24) is 9.80 Å². The molecule has 2 heterocycles. The molecule has 1 aromatic carbocycles. The van der Waals surface area contributed by atoms with Gasteiger partial charge in [-0.15, -0.1) is 0 Å². The van der Waals surface area contributed by atoms with Crippen molar-refractivity contribution in [2.45, 2.75) is 51.0 Å². The Hall–Kier alpha value is -1.13. The zero-order valence-corrected chi connectivity index (χ0v) is 14.7. The smallest absolute Gasteiger partial charge is 0.173 e. The number of hydrogen-bond acceptors (Lipinski definition) is 2. The van der Waals surface area contributed by atoms with Gasteiger partial charge in [0.15, 0.2) is 5.11 Å².